The van der Waals surface area contributed by atoms with E-state index in [1.54, 1.807) is 0 Å². The molecule has 110 valence electrons. The topological polar surface area (TPSA) is 91.7 Å². The molecule has 0 amide bonds. The highest BCUT2D eigenvalue weighted by Gasteiger charge is 2.22. The van der Waals surface area contributed by atoms with Crippen molar-refractivity contribution in [2.75, 3.05) is 5.75 Å². The highest BCUT2D eigenvalue weighted by molar-refractivity contribution is 7.92. The van der Waals surface area contributed by atoms with Gasteiger partial charge in [0, 0.05) is 6.07 Å². The van der Waals surface area contributed by atoms with E-state index in [0.717, 1.165) is 42.5 Å². The second kappa shape index (κ2) is 5.53. The molecule has 0 spiro atoms. The molecular weight excluding hydrogens is 299 g/mol. The number of Topliss-reactive ketones (excluding diaryl/α,β-unsaturated/α-hetero) is 1. The van der Waals surface area contributed by atoms with Gasteiger partial charge in [0.1, 0.15) is 23.1 Å². The predicted octanol–water partition coefficient (Wildman–Crippen LogP) is 1.89. The summed E-state index contributed by atoms with van der Waals surface area (Å²) >= 11 is 0. The number of hydrogen-bond donors (Lipinski definition) is 2. The SMILES string of the molecule is O=C(CS(=O)(=O)c1ccc(F)cc1)c1ccc(O)cc1O. The summed E-state index contributed by atoms with van der Waals surface area (Å²) in [5.41, 5.74) is -0.210. The lowest BCUT2D eigenvalue weighted by atomic mass is 10.1. The van der Waals surface area contributed by atoms with Gasteiger partial charge in [-0.3, -0.25) is 4.79 Å². The molecule has 0 aromatic heterocycles. The highest BCUT2D eigenvalue weighted by Crippen LogP contribution is 2.24. The fourth-order valence-corrected chi connectivity index (χ4v) is 2.95. The first-order valence-corrected chi connectivity index (χ1v) is 7.48. The summed E-state index contributed by atoms with van der Waals surface area (Å²) in [6, 6.07) is 7.33. The van der Waals surface area contributed by atoms with Crippen LogP contribution in [0.1, 0.15) is 10.4 Å². The number of halogens is 1. The molecule has 0 bridgehead atoms. The van der Waals surface area contributed by atoms with Crippen molar-refractivity contribution >= 4 is 15.6 Å². The molecule has 7 heteroatoms. The number of hydrogen-bond acceptors (Lipinski definition) is 5. The Kier molecular flexibility index (Phi) is 3.95. The molecule has 2 N–H and O–H groups in total. The summed E-state index contributed by atoms with van der Waals surface area (Å²) in [4.78, 5) is 11.8. The smallest absolute Gasteiger partial charge is 0.185 e. The van der Waals surface area contributed by atoms with Crippen LogP contribution in [0.15, 0.2) is 47.4 Å². The van der Waals surface area contributed by atoms with Crippen LogP contribution in [0, 0.1) is 5.82 Å². The lowest BCUT2D eigenvalue weighted by molar-refractivity contribution is 0.101. The third kappa shape index (κ3) is 3.38. The number of carbonyl (C=O) groups is 1. The number of aromatic hydroxyl groups is 2. The fourth-order valence-electron chi connectivity index (χ4n) is 1.73. The van der Waals surface area contributed by atoms with E-state index < -0.39 is 32.9 Å². The maximum atomic E-state index is 12.8. The second-order valence-electron chi connectivity index (χ2n) is 4.34. The molecule has 0 unspecified atom stereocenters. The first kappa shape index (κ1) is 15.0. The van der Waals surface area contributed by atoms with Crippen LogP contribution < -0.4 is 0 Å². The Bertz CT molecular complexity index is 782. The van der Waals surface area contributed by atoms with Crippen LogP contribution in [0.5, 0.6) is 11.5 Å². The largest absolute Gasteiger partial charge is 0.508 e. The van der Waals surface area contributed by atoms with E-state index in [4.69, 9.17) is 5.11 Å². The molecule has 0 saturated carbocycles. The van der Waals surface area contributed by atoms with E-state index in [1.807, 2.05) is 0 Å². The second-order valence-corrected chi connectivity index (χ2v) is 6.33. The van der Waals surface area contributed by atoms with Gasteiger partial charge in [-0.1, -0.05) is 0 Å². The summed E-state index contributed by atoms with van der Waals surface area (Å²) in [7, 11) is -3.94. The number of sulfone groups is 1. The standard InChI is InChI=1S/C14H11FO5S/c15-9-1-4-11(5-2-9)21(19,20)8-14(18)12-6-3-10(16)7-13(12)17/h1-7,16-17H,8H2. The van der Waals surface area contributed by atoms with E-state index in [9.17, 15) is 22.7 Å². The molecule has 0 aliphatic rings. The zero-order chi connectivity index (χ0) is 15.6. The predicted molar refractivity (Wildman–Crippen MR) is 72.6 cm³/mol. The van der Waals surface area contributed by atoms with Crippen LogP contribution in [-0.2, 0) is 9.84 Å². The number of phenols is 2. The summed E-state index contributed by atoms with van der Waals surface area (Å²) in [5, 5.41) is 18.7. The Morgan fingerprint density at radius 2 is 1.67 bits per heavy atom. The summed E-state index contributed by atoms with van der Waals surface area (Å²) < 4.78 is 36.8. The van der Waals surface area contributed by atoms with Crippen LogP contribution in [0.25, 0.3) is 0 Å². The van der Waals surface area contributed by atoms with Crippen molar-refractivity contribution < 1.29 is 27.8 Å². The quantitative estimate of drug-likeness (QED) is 0.664. The van der Waals surface area contributed by atoms with Crippen molar-refractivity contribution in [2.45, 2.75) is 4.90 Å². The van der Waals surface area contributed by atoms with E-state index in [0.29, 0.717) is 0 Å². The van der Waals surface area contributed by atoms with Gasteiger partial charge in [0.2, 0.25) is 0 Å². The molecule has 5 nitrogen and oxygen atoms in total. The van der Waals surface area contributed by atoms with Gasteiger partial charge >= 0.3 is 0 Å². The Hall–Kier alpha value is -2.41. The summed E-state index contributed by atoms with van der Waals surface area (Å²) in [6.45, 7) is 0. The maximum absolute atomic E-state index is 12.8. The molecule has 2 aromatic carbocycles. The van der Waals surface area contributed by atoms with Gasteiger partial charge in [-0.25, -0.2) is 12.8 Å². The number of phenolic OH excluding ortho intramolecular Hbond substituents is 2. The minimum atomic E-state index is -3.94. The van der Waals surface area contributed by atoms with Gasteiger partial charge in [0.05, 0.1) is 10.5 Å². The van der Waals surface area contributed by atoms with Crippen molar-refractivity contribution in [1.29, 1.82) is 0 Å². The van der Waals surface area contributed by atoms with Gasteiger partial charge in [-0.15, -0.1) is 0 Å². The van der Waals surface area contributed by atoms with E-state index in [-0.39, 0.29) is 16.2 Å². The van der Waals surface area contributed by atoms with Crippen LogP contribution in [-0.4, -0.2) is 30.2 Å². The van der Waals surface area contributed by atoms with Crippen LogP contribution in [0.4, 0.5) is 4.39 Å². The van der Waals surface area contributed by atoms with Gasteiger partial charge in [0.25, 0.3) is 0 Å². The van der Waals surface area contributed by atoms with Crippen molar-refractivity contribution in [3.05, 3.63) is 53.8 Å². The van der Waals surface area contributed by atoms with E-state index >= 15 is 0 Å². The average Bonchev–Trinajstić information content (AvgIpc) is 2.38. The van der Waals surface area contributed by atoms with Gasteiger partial charge in [-0.2, -0.15) is 0 Å². The fraction of sp³-hybridized carbons (Fsp3) is 0.0714. The average molecular weight is 310 g/mol. The first-order valence-electron chi connectivity index (χ1n) is 5.83. The molecular formula is C14H11FO5S. The molecule has 0 atom stereocenters. The number of ketones is 1. The lowest BCUT2D eigenvalue weighted by Crippen LogP contribution is -2.16. The molecule has 2 aromatic rings. The van der Waals surface area contributed by atoms with E-state index in [1.165, 1.54) is 0 Å². The zero-order valence-electron chi connectivity index (χ0n) is 10.7. The minimum Gasteiger partial charge on any atom is -0.508 e. The van der Waals surface area contributed by atoms with Crippen LogP contribution in [0.3, 0.4) is 0 Å². The Morgan fingerprint density at radius 1 is 1.05 bits per heavy atom. The molecule has 2 rings (SSSR count). The van der Waals surface area contributed by atoms with Crippen molar-refractivity contribution in [1.82, 2.24) is 0 Å². The maximum Gasteiger partial charge on any atom is 0.185 e. The van der Waals surface area contributed by atoms with Gasteiger partial charge in [0.15, 0.2) is 15.6 Å². The molecule has 0 aliphatic carbocycles. The number of rotatable bonds is 4. The molecule has 0 radical (unpaired) electrons. The zero-order valence-corrected chi connectivity index (χ0v) is 11.5. The van der Waals surface area contributed by atoms with E-state index in [2.05, 4.69) is 0 Å². The monoisotopic (exact) mass is 310 g/mol. The van der Waals surface area contributed by atoms with Crippen molar-refractivity contribution in [3.8, 4) is 11.5 Å². The van der Waals surface area contributed by atoms with Gasteiger partial charge in [-0.05, 0) is 36.4 Å². The third-order valence-electron chi connectivity index (χ3n) is 2.78. The Morgan fingerprint density at radius 3 is 2.24 bits per heavy atom. The molecule has 0 aliphatic heterocycles. The molecule has 0 saturated heterocycles. The summed E-state index contributed by atoms with van der Waals surface area (Å²) in [6.07, 6.45) is 0. The molecule has 0 fully saturated rings. The van der Waals surface area contributed by atoms with Crippen molar-refractivity contribution in [3.63, 3.8) is 0 Å². The first-order chi connectivity index (χ1) is 9.79. The van der Waals surface area contributed by atoms with Crippen molar-refractivity contribution in [2.24, 2.45) is 0 Å². The molecule has 21 heavy (non-hydrogen) atoms. The minimum absolute atomic E-state index is 0.185. The van der Waals surface area contributed by atoms with Gasteiger partial charge < -0.3 is 10.2 Å². The third-order valence-corrected chi connectivity index (χ3v) is 4.41. The van der Waals surface area contributed by atoms with Crippen LogP contribution >= 0.6 is 0 Å². The number of carbonyl (C=O) groups excluding carboxylic acids is 1. The normalized spacial score (nSPS) is 11.3. The Labute approximate surface area is 120 Å². The lowest BCUT2D eigenvalue weighted by Gasteiger charge is -2.06. The molecule has 0 heterocycles. The van der Waals surface area contributed by atoms with Crippen LogP contribution in [0.2, 0.25) is 0 Å². The summed E-state index contributed by atoms with van der Waals surface area (Å²) in [5.74, 6) is -3.02. The highest BCUT2D eigenvalue weighted by atomic mass is 32.2. The number of benzene rings is 2. The Balaban J connectivity index is 2.28.